The molecule has 2 rings (SSSR count). The molecule has 0 radical (unpaired) electrons. The molecule has 0 bridgehead atoms. The first-order valence-corrected chi connectivity index (χ1v) is 6.91. The van der Waals surface area contributed by atoms with Gasteiger partial charge in [0.05, 0.1) is 18.8 Å². The second kappa shape index (κ2) is 5.98. The summed E-state index contributed by atoms with van der Waals surface area (Å²) in [6.45, 7) is 3.59. The van der Waals surface area contributed by atoms with Crippen molar-refractivity contribution in [2.24, 2.45) is 0 Å². The van der Waals surface area contributed by atoms with Crippen LogP contribution in [0, 0.1) is 0 Å². The van der Waals surface area contributed by atoms with Gasteiger partial charge in [-0.05, 0) is 32.0 Å². The first-order chi connectivity index (χ1) is 8.19. The van der Waals surface area contributed by atoms with Crippen molar-refractivity contribution >= 4 is 17.3 Å². The van der Waals surface area contributed by atoms with Gasteiger partial charge in [-0.15, -0.1) is 0 Å². The van der Waals surface area contributed by atoms with Crippen LogP contribution in [0.1, 0.15) is 32.6 Å². The number of morpholine rings is 1. The molecule has 0 aromatic heterocycles. The van der Waals surface area contributed by atoms with Crippen molar-refractivity contribution in [3.63, 3.8) is 0 Å². The Labute approximate surface area is 108 Å². The average molecular weight is 258 g/mol. The van der Waals surface area contributed by atoms with Gasteiger partial charge in [0, 0.05) is 19.1 Å². The van der Waals surface area contributed by atoms with Gasteiger partial charge in [-0.3, -0.25) is 0 Å². The molecule has 1 heterocycles. The lowest BCUT2D eigenvalue weighted by Crippen LogP contribution is -2.54. The minimum atomic E-state index is -0.109. The predicted octanol–water partition coefficient (Wildman–Crippen LogP) is 0.885. The Bertz CT molecular complexity index is 269. The van der Waals surface area contributed by atoms with Gasteiger partial charge in [-0.1, -0.05) is 12.8 Å². The summed E-state index contributed by atoms with van der Waals surface area (Å²) >= 11 is 5.44. The smallest absolute Gasteiger partial charge is 0.169 e. The Balaban J connectivity index is 1.84. The van der Waals surface area contributed by atoms with E-state index < -0.39 is 0 Å². The maximum Gasteiger partial charge on any atom is 0.169 e. The summed E-state index contributed by atoms with van der Waals surface area (Å²) in [4.78, 5) is 2.13. The average Bonchev–Trinajstić information content (AvgIpc) is 2.81. The summed E-state index contributed by atoms with van der Waals surface area (Å²) in [5.74, 6) is 0. The van der Waals surface area contributed by atoms with Crippen LogP contribution in [0.15, 0.2) is 0 Å². The highest BCUT2D eigenvalue weighted by Gasteiger charge is 2.27. The van der Waals surface area contributed by atoms with E-state index in [9.17, 15) is 5.11 Å². The molecule has 1 saturated carbocycles. The van der Waals surface area contributed by atoms with E-state index in [0.717, 1.165) is 11.7 Å². The quantitative estimate of drug-likeness (QED) is 0.720. The largest absolute Gasteiger partial charge is 0.394 e. The second-order valence-electron chi connectivity index (χ2n) is 5.09. The number of nitrogens with zero attached hydrogens (tertiary/aromatic N) is 1. The Morgan fingerprint density at radius 1 is 1.41 bits per heavy atom. The van der Waals surface area contributed by atoms with E-state index in [2.05, 4.69) is 10.2 Å². The molecule has 5 heteroatoms. The molecule has 2 unspecified atom stereocenters. The molecule has 1 aliphatic heterocycles. The lowest BCUT2D eigenvalue weighted by Gasteiger charge is -2.38. The highest BCUT2D eigenvalue weighted by Crippen LogP contribution is 2.18. The van der Waals surface area contributed by atoms with Crippen LogP contribution in [-0.4, -0.2) is 53.1 Å². The van der Waals surface area contributed by atoms with Crippen molar-refractivity contribution in [3.05, 3.63) is 0 Å². The molecule has 0 spiro atoms. The third kappa shape index (κ3) is 3.53. The van der Waals surface area contributed by atoms with E-state index in [1.54, 1.807) is 0 Å². The number of rotatable bonds is 2. The molecule has 2 aliphatic rings. The zero-order chi connectivity index (χ0) is 12.3. The first-order valence-electron chi connectivity index (χ1n) is 6.51. The fourth-order valence-corrected chi connectivity index (χ4v) is 2.96. The number of ether oxygens (including phenoxy) is 1. The molecule has 0 aromatic rings. The SMILES string of the molecule is CC1CN(C(=S)NC2CCCC2)CC(CO)O1. The minimum absolute atomic E-state index is 0.0624. The van der Waals surface area contributed by atoms with Crippen molar-refractivity contribution in [1.82, 2.24) is 10.2 Å². The number of thiocarbonyl (C=S) groups is 1. The van der Waals surface area contributed by atoms with E-state index in [1.807, 2.05) is 6.92 Å². The van der Waals surface area contributed by atoms with E-state index in [4.69, 9.17) is 17.0 Å². The zero-order valence-corrected chi connectivity index (χ0v) is 11.2. The Morgan fingerprint density at radius 3 is 2.76 bits per heavy atom. The van der Waals surface area contributed by atoms with Crippen LogP contribution in [0.4, 0.5) is 0 Å². The third-order valence-corrected chi connectivity index (χ3v) is 3.88. The summed E-state index contributed by atoms with van der Waals surface area (Å²) in [7, 11) is 0. The van der Waals surface area contributed by atoms with Crippen molar-refractivity contribution in [2.75, 3.05) is 19.7 Å². The fourth-order valence-electron chi connectivity index (χ4n) is 2.65. The van der Waals surface area contributed by atoms with Gasteiger partial charge in [-0.25, -0.2) is 0 Å². The fraction of sp³-hybridized carbons (Fsp3) is 0.917. The molecule has 1 saturated heterocycles. The van der Waals surface area contributed by atoms with Crippen molar-refractivity contribution in [1.29, 1.82) is 0 Å². The summed E-state index contributed by atoms with van der Waals surface area (Å²) in [5.41, 5.74) is 0. The van der Waals surface area contributed by atoms with Gasteiger partial charge in [0.25, 0.3) is 0 Å². The molecule has 1 aliphatic carbocycles. The molecule has 17 heavy (non-hydrogen) atoms. The molecule has 98 valence electrons. The van der Waals surface area contributed by atoms with E-state index in [-0.39, 0.29) is 18.8 Å². The van der Waals surface area contributed by atoms with E-state index >= 15 is 0 Å². The van der Waals surface area contributed by atoms with Gasteiger partial charge in [0.15, 0.2) is 5.11 Å². The van der Waals surface area contributed by atoms with Gasteiger partial charge in [0.1, 0.15) is 0 Å². The molecule has 2 fully saturated rings. The first kappa shape index (κ1) is 13.1. The van der Waals surface area contributed by atoms with Crippen molar-refractivity contribution in [2.45, 2.75) is 50.9 Å². The van der Waals surface area contributed by atoms with E-state index in [1.165, 1.54) is 25.7 Å². The number of hydrogen-bond acceptors (Lipinski definition) is 3. The van der Waals surface area contributed by atoms with Crippen LogP contribution in [0.2, 0.25) is 0 Å². The number of nitrogens with one attached hydrogen (secondary N) is 1. The normalized spacial score (nSPS) is 30.6. The van der Waals surface area contributed by atoms with Crippen LogP contribution in [0.25, 0.3) is 0 Å². The maximum absolute atomic E-state index is 9.18. The topological polar surface area (TPSA) is 44.7 Å². The Morgan fingerprint density at radius 2 is 2.12 bits per heavy atom. The van der Waals surface area contributed by atoms with Crippen LogP contribution >= 0.6 is 12.2 Å². The molecule has 2 atom stereocenters. The number of aliphatic hydroxyl groups excluding tert-OH is 1. The summed E-state index contributed by atoms with van der Waals surface area (Å²) < 4.78 is 5.61. The standard InChI is InChI=1S/C12H22N2O2S/c1-9-6-14(7-11(8-15)16-9)12(17)13-10-4-2-3-5-10/h9-11,15H,2-8H2,1H3,(H,13,17). The van der Waals surface area contributed by atoms with Crippen molar-refractivity contribution < 1.29 is 9.84 Å². The lowest BCUT2D eigenvalue weighted by atomic mass is 10.2. The highest BCUT2D eigenvalue weighted by atomic mass is 32.1. The maximum atomic E-state index is 9.18. The number of aliphatic hydroxyl groups is 1. The van der Waals surface area contributed by atoms with Crippen LogP contribution < -0.4 is 5.32 Å². The molecular weight excluding hydrogens is 236 g/mol. The highest BCUT2D eigenvalue weighted by molar-refractivity contribution is 7.80. The zero-order valence-electron chi connectivity index (χ0n) is 10.4. The molecule has 0 aromatic carbocycles. The molecule has 2 N–H and O–H groups in total. The van der Waals surface area contributed by atoms with Gasteiger partial charge in [0.2, 0.25) is 0 Å². The van der Waals surface area contributed by atoms with Gasteiger partial charge >= 0.3 is 0 Å². The summed E-state index contributed by atoms with van der Waals surface area (Å²) in [5, 5.41) is 13.4. The van der Waals surface area contributed by atoms with Crippen LogP contribution in [0.5, 0.6) is 0 Å². The van der Waals surface area contributed by atoms with Gasteiger partial charge in [-0.2, -0.15) is 0 Å². The minimum Gasteiger partial charge on any atom is -0.394 e. The van der Waals surface area contributed by atoms with Gasteiger partial charge < -0.3 is 20.1 Å². The van der Waals surface area contributed by atoms with E-state index in [0.29, 0.717) is 12.6 Å². The number of hydrogen-bond donors (Lipinski definition) is 2. The van der Waals surface area contributed by atoms with Crippen molar-refractivity contribution in [3.8, 4) is 0 Å². The molecule has 0 amide bonds. The summed E-state index contributed by atoms with van der Waals surface area (Å²) in [6, 6.07) is 0.549. The molecule has 4 nitrogen and oxygen atoms in total. The molecular formula is C12H22N2O2S. The predicted molar refractivity (Wildman–Crippen MR) is 71.0 cm³/mol. The lowest BCUT2D eigenvalue weighted by molar-refractivity contribution is -0.0786. The monoisotopic (exact) mass is 258 g/mol. The third-order valence-electron chi connectivity index (χ3n) is 3.50. The van der Waals surface area contributed by atoms with Crippen LogP contribution in [0.3, 0.4) is 0 Å². The Hall–Kier alpha value is -0.390. The Kier molecular flexibility index (Phi) is 4.59. The van der Waals surface area contributed by atoms with Crippen LogP contribution in [-0.2, 0) is 4.74 Å². The second-order valence-corrected chi connectivity index (χ2v) is 5.47. The summed E-state index contributed by atoms with van der Waals surface area (Å²) in [6.07, 6.45) is 5.08.